The van der Waals surface area contributed by atoms with Crippen molar-refractivity contribution < 1.29 is 4.79 Å². The molecule has 0 aliphatic heterocycles. The lowest BCUT2D eigenvalue weighted by atomic mass is 9.83. The van der Waals surface area contributed by atoms with Crippen LogP contribution in [0.5, 0.6) is 0 Å². The first kappa shape index (κ1) is 17.7. The van der Waals surface area contributed by atoms with Crippen LogP contribution < -0.4 is 0 Å². The summed E-state index contributed by atoms with van der Waals surface area (Å²) in [5.74, 6) is 1.23. The molecule has 0 aliphatic rings. The summed E-state index contributed by atoms with van der Waals surface area (Å²) in [5.41, 5.74) is 0. The maximum Gasteiger partial charge on any atom is 0.139 e. The Morgan fingerprint density at radius 3 is 1.39 bits per heavy atom. The third-order valence-electron chi connectivity index (χ3n) is 4.10. The molecule has 0 fully saturated rings. The minimum absolute atomic E-state index is 0.336. The van der Waals surface area contributed by atoms with E-state index >= 15 is 0 Å². The molecule has 0 saturated carbocycles. The molecule has 1 heteroatoms. The van der Waals surface area contributed by atoms with Gasteiger partial charge in [-0.25, -0.2) is 0 Å². The van der Waals surface area contributed by atoms with E-state index in [0.29, 0.717) is 17.6 Å². The Kier molecular flexibility index (Phi) is 11.5. The zero-order chi connectivity index (χ0) is 13.8. The van der Waals surface area contributed by atoms with Crippen molar-refractivity contribution in [1.82, 2.24) is 0 Å². The van der Waals surface area contributed by atoms with E-state index in [0.717, 1.165) is 25.7 Å². The molecule has 0 radical (unpaired) electrons. The molecule has 0 saturated heterocycles. The first-order valence-electron chi connectivity index (χ1n) is 8.24. The van der Waals surface area contributed by atoms with Crippen LogP contribution in [-0.4, -0.2) is 5.78 Å². The van der Waals surface area contributed by atoms with Crippen molar-refractivity contribution in [1.29, 1.82) is 0 Å². The highest BCUT2D eigenvalue weighted by atomic mass is 16.1. The molecule has 0 aromatic rings. The second-order valence-corrected chi connectivity index (χ2v) is 5.60. The summed E-state index contributed by atoms with van der Waals surface area (Å²) in [4.78, 5) is 12.5. The quantitative estimate of drug-likeness (QED) is 0.404. The van der Waals surface area contributed by atoms with Crippen LogP contribution >= 0.6 is 0 Å². The summed E-state index contributed by atoms with van der Waals surface area (Å²) in [7, 11) is 0. The SMILES string of the molecule is CCCCCC(CC)C(=O)C(CC)CCCCC. The summed E-state index contributed by atoms with van der Waals surface area (Å²) in [5, 5.41) is 0. The molecule has 0 rings (SSSR count). The van der Waals surface area contributed by atoms with Gasteiger partial charge in [-0.15, -0.1) is 0 Å². The predicted molar refractivity (Wildman–Crippen MR) is 80.9 cm³/mol. The fourth-order valence-electron chi connectivity index (χ4n) is 2.71. The van der Waals surface area contributed by atoms with E-state index in [1.807, 2.05) is 0 Å². The van der Waals surface area contributed by atoms with Gasteiger partial charge in [0.2, 0.25) is 0 Å². The lowest BCUT2D eigenvalue weighted by Crippen LogP contribution is -2.23. The second kappa shape index (κ2) is 11.7. The number of unbranched alkanes of at least 4 members (excludes halogenated alkanes) is 4. The Bertz CT molecular complexity index is 178. The smallest absolute Gasteiger partial charge is 0.139 e. The molecule has 0 heterocycles. The van der Waals surface area contributed by atoms with Gasteiger partial charge in [0.05, 0.1) is 0 Å². The lowest BCUT2D eigenvalue weighted by Gasteiger charge is -2.20. The van der Waals surface area contributed by atoms with Gasteiger partial charge in [0, 0.05) is 11.8 Å². The normalized spacial score (nSPS) is 14.4. The molecule has 18 heavy (non-hydrogen) atoms. The number of carbonyl (C=O) groups excluding carboxylic acids is 1. The molecule has 1 nitrogen and oxygen atoms in total. The Hall–Kier alpha value is -0.330. The average Bonchev–Trinajstić information content (AvgIpc) is 2.39. The number of ketones is 1. The van der Waals surface area contributed by atoms with Gasteiger partial charge >= 0.3 is 0 Å². The number of Topliss-reactive ketones (excluding diaryl/α,β-unsaturated/α-hetero) is 1. The van der Waals surface area contributed by atoms with Gasteiger partial charge in [-0.2, -0.15) is 0 Å². The van der Waals surface area contributed by atoms with Gasteiger partial charge in [0.15, 0.2) is 0 Å². The maximum atomic E-state index is 12.5. The maximum absolute atomic E-state index is 12.5. The summed E-state index contributed by atoms with van der Waals surface area (Å²) in [6.45, 7) is 8.80. The van der Waals surface area contributed by atoms with Crippen LogP contribution in [0.15, 0.2) is 0 Å². The fraction of sp³-hybridized carbons (Fsp3) is 0.941. The topological polar surface area (TPSA) is 17.1 Å². The molecule has 0 bridgehead atoms. The van der Waals surface area contributed by atoms with Gasteiger partial charge in [-0.3, -0.25) is 4.79 Å². The first-order chi connectivity index (χ1) is 8.71. The van der Waals surface area contributed by atoms with E-state index in [9.17, 15) is 4.79 Å². The van der Waals surface area contributed by atoms with Crippen molar-refractivity contribution in [3.63, 3.8) is 0 Å². The molecule has 108 valence electrons. The monoisotopic (exact) mass is 254 g/mol. The zero-order valence-electron chi connectivity index (χ0n) is 13.1. The molecule has 2 unspecified atom stereocenters. The largest absolute Gasteiger partial charge is 0.299 e. The van der Waals surface area contributed by atoms with Crippen LogP contribution in [-0.2, 0) is 4.79 Å². The van der Waals surface area contributed by atoms with Crippen molar-refractivity contribution in [3.05, 3.63) is 0 Å². The van der Waals surface area contributed by atoms with Crippen LogP contribution in [0.25, 0.3) is 0 Å². The Balaban J connectivity index is 4.16. The minimum atomic E-state index is 0.336. The highest BCUT2D eigenvalue weighted by Crippen LogP contribution is 2.24. The molecule has 0 amide bonds. The van der Waals surface area contributed by atoms with E-state index in [1.165, 1.54) is 38.5 Å². The van der Waals surface area contributed by atoms with Crippen LogP contribution in [0.3, 0.4) is 0 Å². The van der Waals surface area contributed by atoms with Crippen molar-refractivity contribution >= 4 is 5.78 Å². The minimum Gasteiger partial charge on any atom is -0.299 e. The van der Waals surface area contributed by atoms with Gasteiger partial charge in [0.1, 0.15) is 5.78 Å². The molecule has 0 aromatic carbocycles. The van der Waals surface area contributed by atoms with E-state index in [1.54, 1.807) is 0 Å². The van der Waals surface area contributed by atoms with Crippen LogP contribution in [0.1, 0.15) is 91.9 Å². The van der Waals surface area contributed by atoms with Gasteiger partial charge < -0.3 is 0 Å². The third-order valence-corrected chi connectivity index (χ3v) is 4.10. The Morgan fingerprint density at radius 1 is 0.722 bits per heavy atom. The molecule has 0 aliphatic carbocycles. The highest BCUT2D eigenvalue weighted by Gasteiger charge is 2.23. The van der Waals surface area contributed by atoms with Gasteiger partial charge in [-0.05, 0) is 25.7 Å². The third kappa shape index (κ3) is 7.18. The molecule has 0 aromatic heterocycles. The average molecular weight is 254 g/mol. The van der Waals surface area contributed by atoms with Crippen molar-refractivity contribution in [2.45, 2.75) is 91.9 Å². The summed E-state index contributed by atoms with van der Waals surface area (Å²) in [6.07, 6.45) is 11.8. The number of hydrogen-bond donors (Lipinski definition) is 0. The Labute approximate surface area is 115 Å². The Morgan fingerprint density at radius 2 is 1.11 bits per heavy atom. The molecule has 2 atom stereocenters. The zero-order valence-corrected chi connectivity index (χ0v) is 13.1. The number of carbonyl (C=O) groups is 1. The first-order valence-corrected chi connectivity index (χ1v) is 8.24. The predicted octanol–water partition coefficient (Wildman–Crippen LogP) is 5.77. The van der Waals surface area contributed by atoms with Crippen molar-refractivity contribution in [2.24, 2.45) is 11.8 Å². The highest BCUT2D eigenvalue weighted by molar-refractivity contribution is 5.83. The molecular weight excluding hydrogens is 220 g/mol. The summed E-state index contributed by atoms with van der Waals surface area (Å²) in [6, 6.07) is 0. The summed E-state index contributed by atoms with van der Waals surface area (Å²) < 4.78 is 0. The lowest BCUT2D eigenvalue weighted by molar-refractivity contribution is -0.127. The van der Waals surface area contributed by atoms with E-state index in [-0.39, 0.29) is 0 Å². The van der Waals surface area contributed by atoms with E-state index < -0.39 is 0 Å². The molecule has 0 N–H and O–H groups in total. The summed E-state index contributed by atoms with van der Waals surface area (Å²) >= 11 is 0. The standard InChI is InChI=1S/C17H34O/c1-5-9-11-13-15(7-3)17(18)16(8-4)14-12-10-6-2/h15-16H,5-14H2,1-4H3. The van der Waals surface area contributed by atoms with Gasteiger partial charge in [0.25, 0.3) is 0 Å². The fourth-order valence-corrected chi connectivity index (χ4v) is 2.71. The number of rotatable bonds is 12. The van der Waals surface area contributed by atoms with Crippen LogP contribution in [0.4, 0.5) is 0 Å². The van der Waals surface area contributed by atoms with E-state index in [2.05, 4.69) is 27.7 Å². The van der Waals surface area contributed by atoms with Crippen LogP contribution in [0, 0.1) is 11.8 Å². The second-order valence-electron chi connectivity index (χ2n) is 5.60. The van der Waals surface area contributed by atoms with E-state index in [4.69, 9.17) is 0 Å². The van der Waals surface area contributed by atoms with Crippen LogP contribution in [0.2, 0.25) is 0 Å². The van der Waals surface area contributed by atoms with Gasteiger partial charge in [-0.1, -0.05) is 66.2 Å². The molecule has 0 spiro atoms. The molecular formula is C17H34O. The van der Waals surface area contributed by atoms with Crippen molar-refractivity contribution in [2.75, 3.05) is 0 Å². The van der Waals surface area contributed by atoms with Crippen molar-refractivity contribution in [3.8, 4) is 0 Å². The number of hydrogen-bond acceptors (Lipinski definition) is 1.